The first kappa shape index (κ1) is 44.4. The van der Waals surface area contributed by atoms with Crippen LogP contribution < -0.4 is 0 Å². The van der Waals surface area contributed by atoms with Gasteiger partial charge in [-0.15, -0.1) is 0 Å². The molecule has 5 aliphatic rings. The molecule has 0 saturated carbocycles. The molecule has 5 fully saturated rings. The van der Waals surface area contributed by atoms with Gasteiger partial charge in [0.05, 0.1) is 26.4 Å². The largest absolute Gasteiger partial charge is 0.414 e. The van der Waals surface area contributed by atoms with Crippen LogP contribution in [-0.2, 0) is 68.8 Å². The quantitative estimate of drug-likeness (QED) is 0.171. The Morgan fingerprint density at radius 1 is 0.534 bits per heavy atom. The van der Waals surface area contributed by atoms with E-state index in [-0.39, 0.29) is 35.4 Å². The van der Waals surface area contributed by atoms with Gasteiger partial charge in [-0.1, -0.05) is 116 Å². The van der Waals surface area contributed by atoms with Crippen molar-refractivity contribution in [1.29, 1.82) is 0 Å². The average molecular weight is 845 g/mol. The zero-order valence-electron chi connectivity index (χ0n) is 36.6. The van der Waals surface area contributed by atoms with Crippen LogP contribution in [0.2, 0.25) is 22.2 Å². The number of fused-ring (bicyclic) bond motifs is 4. The van der Waals surface area contributed by atoms with Crippen molar-refractivity contribution in [2.45, 2.75) is 191 Å². The van der Waals surface area contributed by atoms with Gasteiger partial charge in [-0.2, -0.15) is 0 Å². The van der Waals surface area contributed by atoms with E-state index in [0.29, 0.717) is 13.2 Å². The first-order valence-corrected chi connectivity index (χ1v) is 25.3. The van der Waals surface area contributed by atoms with Crippen LogP contribution >= 0.6 is 0 Å². The molecule has 2 aromatic rings. The average Bonchev–Trinajstić information content (AvgIpc) is 3.59. The lowest BCUT2D eigenvalue weighted by molar-refractivity contribution is -0.317. The highest BCUT2D eigenvalue weighted by molar-refractivity contribution is 6.84. The van der Waals surface area contributed by atoms with E-state index in [9.17, 15) is 0 Å². The number of rotatable bonds is 14. The van der Waals surface area contributed by atoms with Crippen LogP contribution in [0, 0.1) is 0 Å². The van der Waals surface area contributed by atoms with Crippen LogP contribution in [0.1, 0.15) is 94.2 Å². The van der Waals surface area contributed by atoms with Crippen LogP contribution in [0.4, 0.5) is 0 Å². The predicted molar refractivity (Wildman–Crippen MR) is 221 cm³/mol. The second-order valence-electron chi connectivity index (χ2n) is 18.7. The first-order chi connectivity index (χ1) is 27.4. The fourth-order valence-electron chi connectivity index (χ4n) is 9.33. The molecule has 58 heavy (non-hydrogen) atoms. The van der Waals surface area contributed by atoms with E-state index in [1.54, 1.807) is 0 Å². The van der Waals surface area contributed by atoms with Gasteiger partial charge >= 0.3 is 17.1 Å². The lowest BCUT2D eigenvalue weighted by Crippen LogP contribution is -2.65. The maximum Gasteiger partial charge on any atom is 0.335 e. The van der Waals surface area contributed by atoms with E-state index in [2.05, 4.69) is 79.7 Å². The molecule has 0 radical (unpaired) electrons. The van der Waals surface area contributed by atoms with Crippen molar-refractivity contribution in [3.05, 3.63) is 71.8 Å². The highest BCUT2D eigenvalue weighted by Crippen LogP contribution is 2.51. The highest BCUT2D eigenvalue weighted by atomic mass is 28.5. The third-order valence-electron chi connectivity index (χ3n) is 12.1. The standard InChI is InChI=1S/C44H68O12Si2/c1-27(2)57(28(3)4)54-38-35(46-24-32-21-17-14-18-22-32)33(25-45-23-31-19-15-13-16-20-31)48-41(40(38)55-58(56-57,29(5)6)30(7)8)47-26-34-36-37(51-43(9,10)50-36)39-42(49-34)53-44(11,12)52-39/h13-22,27-30,33-42H,23-26H2,1-12H3/t33-,34-,35-,36+,37+,38+,39-,40-,41-,42-/m1/s1. The van der Waals surface area contributed by atoms with Crippen molar-refractivity contribution in [3.63, 3.8) is 0 Å². The van der Waals surface area contributed by atoms with Gasteiger partial charge in [0.25, 0.3) is 0 Å². The number of ether oxygens (including phenoxy) is 9. The summed E-state index contributed by atoms with van der Waals surface area (Å²) in [5, 5.41) is 0. The van der Waals surface area contributed by atoms with Gasteiger partial charge in [-0.3, -0.25) is 0 Å². The number of hydrogen-bond donors (Lipinski definition) is 0. The molecule has 0 amide bonds. The Kier molecular flexibility index (Phi) is 13.5. The van der Waals surface area contributed by atoms with Crippen molar-refractivity contribution in [2.24, 2.45) is 0 Å². The molecule has 5 saturated heterocycles. The lowest BCUT2D eigenvalue weighted by Gasteiger charge is -2.48. The third-order valence-corrected chi connectivity index (χ3v) is 22.4. The monoisotopic (exact) mass is 844 g/mol. The van der Waals surface area contributed by atoms with E-state index < -0.39 is 90.1 Å². The minimum Gasteiger partial charge on any atom is -0.414 e. The predicted octanol–water partition coefficient (Wildman–Crippen LogP) is 8.25. The van der Waals surface area contributed by atoms with Gasteiger partial charge in [0.1, 0.15) is 48.8 Å². The molecule has 0 bridgehead atoms. The first-order valence-electron chi connectivity index (χ1n) is 21.4. The van der Waals surface area contributed by atoms with Crippen LogP contribution in [0.15, 0.2) is 60.7 Å². The van der Waals surface area contributed by atoms with Crippen molar-refractivity contribution in [3.8, 4) is 0 Å². The molecule has 12 nitrogen and oxygen atoms in total. The minimum absolute atomic E-state index is 0.101. The van der Waals surface area contributed by atoms with Crippen molar-refractivity contribution in [1.82, 2.24) is 0 Å². The molecule has 0 unspecified atom stereocenters. The van der Waals surface area contributed by atoms with Gasteiger partial charge < -0.3 is 55.6 Å². The van der Waals surface area contributed by atoms with Crippen LogP contribution in [-0.4, -0.2) is 103 Å². The lowest BCUT2D eigenvalue weighted by atomic mass is 9.98. The molecule has 14 heteroatoms. The zero-order chi connectivity index (χ0) is 41.6. The molecule has 0 aliphatic carbocycles. The van der Waals surface area contributed by atoms with Gasteiger partial charge in [-0.25, -0.2) is 0 Å². The summed E-state index contributed by atoms with van der Waals surface area (Å²) in [6, 6.07) is 20.3. The second kappa shape index (κ2) is 17.6. The molecule has 5 aliphatic heterocycles. The summed E-state index contributed by atoms with van der Waals surface area (Å²) in [5.41, 5.74) is 2.54. The van der Waals surface area contributed by atoms with Crippen molar-refractivity contribution >= 4 is 17.1 Å². The molecule has 324 valence electrons. The van der Waals surface area contributed by atoms with E-state index >= 15 is 0 Å². The summed E-state index contributed by atoms with van der Waals surface area (Å²) in [7, 11) is -6.13. The molecule has 0 aromatic heterocycles. The normalized spacial score (nSPS) is 34.9. The van der Waals surface area contributed by atoms with Gasteiger partial charge in [0, 0.05) is 0 Å². The van der Waals surface area contributed by atoms with E-state index in [0.717, 1.165) is 11.1 Å². The number of hydrogen-bond acceptors (Lipinski definition) is 12. The van der Waals surface area contributed by atoms with E-state index in [4.69, 9.17) is 55.6 Å². The summed E-state index contributed by atoms with van der Waals surface area (Å²) >= 11 is 0. The summed E-state index contributed by atoms with van der Waals surface area (Å²) in [4.78, 5) is 0. The third kappa shape index (κ3) is 9.12. The van der Waals surface area contributed by atoms with Crippen molar-refractivity contribution in [2.75, 3.05) is 13.2 Å². The molecular weight excluding hydrogens is 777 g/mol. The maximum atomic E-state index is 7.65. The van der Waals surface area contributed by atoms with Gasteiger partial charge in [-0.05, 0) is 61.0 Å². The highest BCUT2D eigenvalue weighted by Gasteiger charge is 2.66. The number of benzene rings is 2. The van der Waals surface area contributed by atoms with E-state index in [1.807, 2.05) is 64.1 Å². The Bertz CT molecular complexity index is 1610. The van der Waals surface area contributed by atoms with Crippen LogP contribution in [0.25, 0.3) is 0 Å². The summed E-state index contributed by atoms with van der Waals surface area (Å²) in [5.74, 6) is -1.70. The second-order valence-corrected chi connectivity index (χ2v) is 27.5. The molecule has 10 atom stereocenters. The molecule has 7 rings (SSSR count). The minimum atomic E-state index is -3.07. The Morgan fingerprint density at radius 2 is 1.05 bits per heavy atom. The maximum absolute atomic E-state index is 7.65. The summed E-state index contributed by atoms with van der Waals surface area (Å²) in [6.07, 6.45) is -5.91. The van der Waals surface area contributed by atoms with Crippen LogP contribution in [0.5, 0.6) is 0 Å². The SMILES string of the molecule is CC(C)[Si]1(C(C)C)O[C@@H]2[C@@H](O[Si](C(C)C)(C(C)C)O1)[C@H](OC[C@H]1O[C@@H]3OC(C)(C)O[C@@H]3[C@H]3OC(C)(C)O[C@H]31)O[C@H](COCc1ccccc1)[C@H]2OCc1ccccc1. The zero-order valence-corrected chi connectivity index (χ0v) is 38.6. The molecule has 2 aromatic carbocycles. The topological polar surface area (TPSA) is 111 Å². The smallest absolute Gasteiger partial charge is 0.335 e. The van der Waals surface area contributed by atoms with Crippen LogP contribution in [0.3, 0.4) is 0 Å². The molecule has 5 heterocycles. The fraction of sp³-hybridized carbons (Fsp3) is 0.727. The summed E-state index contributed by atoms with van der Waals surface area (Å²) in [6.45, 7) is 26.4. The Labute approximate surface area is 348 Å². The molecule has 0 spiro atoms. The van der Waals surface area contributed by atoms with E-state index in [1.165, 1.54) is 0 Å². The Balaban J connectivity index is 1.26. The van der Waals surface area contributed by atoms with Crippen molar-refractivity contribution < 1.29 is 55.6 Å². The van der Waals surface area contributed by atoms with Gasteiger partial charge in [0.15, 0.2) is 24.2 Å². The van der Waals surface area contributed by atoms with Gasteiger partial charge in [0.2, 0.25) is 0 Å². The Hall–Kier alpha value is -1.61. The fourth-order valence-corrected chi connectivity index (χ4v) is 20.6. The molecular formula is C44H68O12Si2. The molecule has 0 N–H and O–H groups in total. The Morgan fingerprint density at radius 3 is 1.64 bits per heavy atom. The summed E-state index contributed by atoms with van der Waals surface area (Å²) < 4.78 is 82.3.